The number of aliphatic hydroxyl groups is 1. The van der Waals surface area contributed by atoms with Crippen molar-refractivity contribution in [3.8, 4) is 11.5 Å². The highest BCUT2D eigenvalue weighted by molar-refractivity contribution is 6.05. The molecule has 3 heterocycles. The van der Waals surface area contributed by atoms with Crippen molar-refractivity contribution in [2.24, 2.45) is 11.8 Å². The monoisotopic (exact) mass is 551 g/mol. The quantitative estimate of drug-likeness (QED) is 0.346. The molecular weight excluding hydrogens is 514 g/mol. The third-order valence-corrected chi connectivity index (χ3v) is 8.20. The summed E-state index contributed by atoms with van der Waals surface area (Å²) in [6.07, 6.45) is 2.64. The van der Waals surface area contributed by atoms with Crippen molar-refractivity contribution >= 4 is 29.1 Å². The Kier molecular flexibility index (Phi) is 8.27. The van der Waals surface area contributed by atoms with E-state index >= 15 is 0 Å². The Bertz CT molecular complexity index is 1220. The summed E-state index contributed by atoms with van der Waals surface area (Å²) in [7, 11) is 1.57. The third-order valence-electron chi connectivity index (χ3n) is 8.20. The first-order valence-corrected chi connectivity index (χ1v) is 14.0. The zero-order chi connectivity index (χ0) is 28.3. The van der Waals surface area contributed by atoms with Crippen LogP contribution in [0, 0.1) is 11.8 Å². The summed E-state index contributed by atoms with van der Waals surface area (Å²) in [5, 5.41) is 15.1. The number of amides is 3. The molecule has 0 aliphatic carbocycles. The van der Waals surface area contributed by atoms with Crippen molar-refractivity contribution in [1.82, 2.24) is 4.90 Å². The van der Waals surface area contributed by atoms with E-state index in [4.69, 9.17) is 14.2 Å². The summed E-state index contributed by atoms with van der Waals surface area (Å²) in [5.41, 5.74) is 0.108. The van der Waals surface area contributed by atoms with Crippen LogP contribution in [-0.4, -0.2) is 72.3 Å². The minimum atomic E-state index is -1.07. The number of nitrogens with one attached hydrogen (secondary N) is 2. The SMILES string of the molecule is CCOc1ccc(NC(=O)[C@@H]2[C@@H]3CCC4(O3)C(C(=O)Nc3ccc(OC)cc3)N(CCCCCO)C(=O)[C@H]24)cc1. The molecule has 0 radical (unpaired) electrons. The lowest BCUT2D eigenvalue weighted by Crippen LogP contribution is -2.53. The minimum absolute atomic E-state index is 0.0699. The van der Waals surface area contributed by atoms with Gasteiger partial charge in [0.1, 0.15) is 23.1 Å². The number of carbonyl (C=O) groups is 3. The molecule has 40 heavy (non-hydrogen) atoms. The smallest absolute Gasteiger partial charge is 0.250 e. The Labute approximate surface area is 234 Å². The lowest BCUT2D eigenvalue weighted by molar-refractivity contribution is -0.139. The van der Waals surface area contributed by atoms with E-state index in [9.17, 15) is 19.5 Å². The Morgan fingerprint density at radius 3 is 2.27 bits per heavy atom. The van der Waals surface area contributed by atoms with Crippen LogP contribution in [0.2, 0.25) is 0 Å². The van der Waals surface area contributed by atoms with Crippen LogP contribution in [-0.2, 0) is 19.1 Å². The Morgan fingerprint density at radius 2 is 1.65 bits per heavy atom. The number of carbonyl (C=O) groups excluding carboxylic acids is 3. The maximum absolute atomic E-state index is 14.0. The fourth-order valence-corrected chi connectivity index (χ4v) is 6.48. The van der Waals surface area contributed by atoms with Crippen LogP contribution in [0.4, 0.5) is 11.4 Å². The van der Waals surface area contributed by atoms with Crippen LogP contribution in [0.3, 0.4) is 0 Å². The number of hydrogen-bond donors (Lipinski definition) is 3. The molecule has 3 fully saturated rings. The van der Waals surface area contributed by atoms with Crippen LogP contribution in [0.25, 0.3) is 0 Å². The lowest BCUT2D eigenvalue weighted by Gasteiger charge is -2.33. The van der Waals surface area contributed by atoms with E-state index in [0.29, 0.717) is 61.7 Å². The molecule has 0 saturated carbocycles. The number of methoxy groups -OCH3 is 1. The summed E-state index contributed by atoms with van der Waals surface area (Å²) in [5.74, 6) is -0.937. The molecule has 3 aliphatic heterocycles. The minimum Gasteiger partial charge on any atom is -0.497 e. The fraction of sp³-hybridized carbons (Fsp3) is 0.500. The second-order valence-electron chi connectivity index (χ2n) is 10.5. The first-order chi connectivity index (χ1) is 19.4. The molecule has 3 aliphatic rings. The van der Waals surface area contributed by atoms with Gasteiger partial charge in [-0.05, 0) is 87.6 Å². The van der Waals surface area contributed by atoms with Gasteiger partial charge in [0.25, 0.3) is 0 Å². The highest BCUT2D eigenvalue weighted by atomic mass is 16.5. The molecule has 5 atom stereocenters. The maximum Gasteiger partial charge on any atom is 0.250 e. The van der Waals surface area contributed by atoms with Crippen molar-refractivity contribution in [3.63, 3.8) is 0 Å². The number of fused-ring (bicyclic) bond motifs is 1. The van der Waals surface area contributed by atoms with E-state index in [2.05, 4.69) is 10.6 Å². The number of rotatable bonds is 12. The number of hydrogen-bond acceptors (Lipinski definition) is 7. The number of benzene rings is 2. The molecule has 3 saturated heterocycles. The van der Waals surface area contributed by atoms with Crippen molar-refractivity contribution in [2.75, 3.05) is 37.5 Å². The number of nitrogens with zero attached hydrogens (tertiary/aromatic N) is 1. The van der Waals surface area contributed by atoms with Gasteiger partial charge in [0.2, 0.25) is 17.7 Å². The largest absolute Gasteiger partial charge is 0.497 e. The van der Waals surface area contributed by atoms with Crippen LogP contribution in [0.1, 0.15) is 39.0 Å². The fourth-order valence-electron chi connectivity index (χ4n) is 6.48. The van der Waals surface area contributed by atoms with Crippen molar-refractivity contribution in [1.29, 1.82) is 0 Å². The van der Waals surface area contributed by atoms with E-state index in [1.807, 2.05) is 6.92 Å². The highest BCUT2D eigenvalue weighted by Crippen LogP contribution is 2.58. The van der Waals surface area contributed by atoms with Crippen LogP contribution in [0.5, 0.6) is 11.5 Å². The van der Waals surface area contributed by atoms with Crippen molar-refractivity contribution in [3.05, 3.63) is 48.5 Å². The normalized spacial score (nSPS) is 26.5. The molecular formula is C30H37N3O7. The number of unbranched alkanes of at least 4 members (excludes halogenated alkanes) is 2. The summed E-state index contributed by atoms with van der Waals surface area (Å²) in [4.78, 5) is 43.0. The molecule has 214 valence electrons. The predicted octanol–water partition coefficient (Wildman–Crippen LogP) is 3.21. The summed E-state index contributed by atoms with van der Waals surface area (Å²) in [6.45, 7) is 2.86. The Hall–Kier alpha value is -3.63. The highest BCUT2D eigenvalue weighted by Gasteiger charge is 2.74. The average molecular weight is 552 g/mol. The number of aliphatic hydroxyl groups excluding tert-OH is 1. The van der Waals surface area contributed by atoms with Gasteiger partial charge in [-0.15, -0.1) is 0 Å². The number of anilines is 2. The molecule has 0 aromatic heterocycles. The standard InChI is InChI=1S/C30H37N3O7/c1-3-39-22-13-9-19(10-14-22)31-27(35)24-23-15-16-30(40-23)25(24)29(37)33(17-5-4-6-18-34)26(30)28(36)32-20-7-11-21(38-2)12-8-20/h7-14,23-26,34H,3-6,15-18H2,1-2H3,(H,31,35)(H,32,36)/t23-,24+,25-,26?,30?/m0/s1. The summed E-state index contributed by atoms with van der Waals surface area (Å²) < 4.78 is 17.2. The van der Waals surface area contributed by atoms with Crippen LogP contribution < -0.4 is 20.1 Å². The number of likely N-dealkylation sites (tertiary alicyclic amines) is 1. The predicted molar refractivity (Wildman–Crippen MR) is 148 cm³/mol. The second-order valence-corrected chi connectivity index (χ2v) is 10.5. The van der Waals surface area contributed by atoms with Gasteiger partial charge in [0, 0.05) is 24.5 Å². The second kappa shape index (κ2) is 11.9. The number of ether oxygens (including phenoxy) is 3. The van der Waals surface area contributed by atoms with Gasteiger partial charge in [-0.3, -0.25) is 14.4 Å². The van der Waals surface area contributed by atoms with Gasteiger partial charge in [0.05, 0.1) is 31.7 Å². The summed E-state index contributed by atoms with van der Waals surface area (Å²) >= 11 is 0. The molecule has 3 N–H and O–H groups in total. The molecule has 10 heteroatoms. The zero-order valence-corrected chi connectivity index (χ0v) is 22.9. The van der Waals surface area contributed by atoms with Gasteiger partial charge in [-0.1, -0.05) is 0 Å². The Balaban J connectivity index is 1.39. The zero-order valence-electron chi connectivity index (χ0n) is 22.9. The summed E-state index contributed by atoms with van der Waals surface area (Å²) in [6, 6.07) is 13.2. The van der Waals surface area contributed by atoms with Crippen molar-refractivity contribution in [2.45, 2.75) is 56.8 Å². The van der Waals surface area contributed by atoms with Crippen molar-refractivity contribution < 1.29 is 33.7 Å². The van der Waals surface area contributed by atoms with E-state index in [1.54, 1.807) is 60.5 Å². The van der Waals surface area contributed by atoms with Gasteiger partial charge in [-0.25, -0.2) is 0 Å². The Morgan fingerprint density at radius 1 is 1.00 bits per heavy atom. The van der Waals surface area contributed by atoms with E-state index in [0.717, 1.165) is 6.42 Å². The molecule has 2 unspecified atom stereocenters. The van der Waals surface area contributed by atoms with E-state index < -0.39 is 29.6 Å². The molecule has 2 bridgehead atoms. The molecule has 1 spiro atoms. The first kappa shape index (κ1) is 27.9. The molecule has 3 amide bonds. The average Bonchev–Trinajstić information content (AvgIpc) is 3.60. The van der Waals surface area contributed by atoms with Gasteiger partial charge >= 0.3 is 0 Å². The molecule has 2 aromatic rings. The maximum atomic E-state index is 14.0. The lowest BCUT2D eigenvalue weighted by atomic mass is 9.70. The van der Waals surface area contributed by atoms with Crippen LogP contribution >= 0.6 is 0 Å². The topological polar surface area (TPSA) is 126 Å². The van der Waals surface area contributed by atoms with Gasteiger partial charge < -0.3 is 34.9 Å². The third kappa shape index (κ3) is 5.13. The van der Waals surface area contributed by atoms with Crippen LogP contribution in [0.15, 0.2) is 48.5 Å². The van der Waals surface area contributed by atoms with Gasteiger partial charge in [-0.2, -0.15) is 0 Å². The molecule has 5 rings (SSSR count). The molecule has 2 aromatic carbocycles. The van der Waals surface area contributed by atoms with Gasteiger partial charge in [0.15, 0.2) is 0 Å². The van der Waals surface area contributed by atoms with E-state index in [-0.39, 0.29) is 24.3 Å². The van der Waals surface area contributed by atoms with E-state index in [1.165, 1.54) is 0 Å². The molecule has 10 nitrogen and oxygen atoms in total. The first-order valence-electron chi connectivity index (χ1n) is 14.0.